The van der Waals surface area contributed by atoms with Crippen molar-refractivity contribution >= 4 is 5.69 Å². The smallest absolute Gasteiger partial charge is 0.132 e. The van der Waals surface area contributed by atoms with Gasteiger partial charge in [-0.1, -0.05) is 50.3 Å². The third-order valence-corrected chi connectivity index (χ3v) is 4.89. The van der Waals surface area contributed by atoms with Crippen molar-refractivity contribution in [3.63, 3.8) is 0 Å². The van der Waals surface area contributed by atoms with Crippen molar-refractivity contribution in [3.8, 4) is 12.1 Å². The van der Waals surface area contributed by atoms with Gasteiger partial charge in [-0.15, -0.1) is 0 Å². The van der Waals surface area contributed by atoms with E-state index in [0.717, 1.165) is 24.8 Å². The minimum atomic E-state index is 0.0487. The van der Waals surface area contributed by atoms with Crippen molar-refractivity contribution in [3.05, 3.63) is 76.5 Å². The second kappa shape index (κ2) is 7.06. The lowest BCUT2D eigenvalue weighted by molar-refractivity contribution is 0.354. The van der Waals surface area contributed by atoms with Crippen LogP contribution in [0.3, 0.4) is 0 Å². The molecule has 0 spiro atoms. The Morgan fingerprint density at radius 2 is 1.77 bits per heavy atom. The summed E-state index contributed by atoms with van der Waals surface area (Å²) in [7, 11) is 2.07. The van der Waals surface area contributed by atoms with E-state index in [0.29, 0.717) is 0 Å². The second-order valence-electron chi connectivity index (χ2n) is 7.81. The van der Waals surface area contributed by atoms with E-state index in [1.165, 1.54) is 22.4 Å². The predicted molar refractivity (Wildman–Crippen MR) is 105 cm³/mol. The maximum atomic E-state index is 9.20. The molecule has 0 fully saturated rings. The summed E-state index contributed by atoms with van der Waals surface area (Å²) in [6.07, 6.45) is 11.1. The van der Waals surface area contributed by atoms with E-state index in [9.17, 15) is 10.5 Å². The van der Waals surface area contributed by atoms with Crippen LogP contribution < -0.4 is 4.90 Å². The average molecular weight is 341 g/mol. The van der Waals surface area contributed by atoms with E-state index < -0.39 is 0 Å². The predicted octanol–water partition coefficient (Wildman–Crippen LogP) is 5.21. The molecule has 1 aromatic rings. The first-order valence-electron chi connectivity index (χ1n) is 8.85. The number of fused-ring (bicyclic) bond motifs is 1. The fourth-order valence-electron chi connectivity index (χ4n) is 3.80. The Morgan fingerprint density at radius 1 is 1.08 bits per heavy atom. The van der Waals surface area contributed by atoms with Gasteiger partial charge in [-0.05, 0) is 46.6 Å². The number of nitriles is 2. The first kappa shape index (κ1) is 17.8. The van der Waals surface area contributed by atoms with Gasteiger partial charge in [0.25, 0.3) is 0 Å². The Morgan fingerprint density at radius 3 is 2.50 bits per heavy atom. The van der Waals surface area contributed by atoms with Crippen LogP contribution in [0.15, 0.2) is 71.0 Å². The Bertz CT molecular complexity index is 911. The molecule has 0 N–H and O–H groups in total. The first-order chi connectivity index (χ1) is 12.4. The summed E-state index contributed by atoms with van der Waals surface area (Å²) in [4.78, 5) is 2.16. The molecule has 2 aliphatic rings. The molecule has 1 aromatic carbocycles. The van der Waals surface area contributed by atoms with E-state index in [2.05, 4.69) is 68.4 Å². The van der Waals surface area contributed by atoms with Gasteiger partial charge in [0.1, 0.15) is 17.7 Å². The lowest BCUT2D eigenvalue weighted by Crippen LogP contribution is -2.18. The number of hydrogen-bond acceptors (Lipinski definition) is 3. The van der Waals surface area contributed by atoms with Crippen LogP contribution in [0.25, 0.3) is 0 Å². The maximum absolute atomic E-state index is 9.20. The van der Waals surface area contributed by atoms with Crippen LogP contribution in [0.4, 0.5) is 5.69 Å². The lowest BCUT2D eigenvalue weighted by Gasteiger charge is -2.30. The second-order valence-corrected chi connectivity index (χ2v) is 7.81. The molecule has 3 nitrogen and oxygen atoms in total. The van der Waals surface area contributed by atoms with Crippen molar-refractivity contribution < 1.29 is 0 Å². The topological polar surface area (TPSA) is 50.8 Å². The third kappa shape index (κ3) is 3.79. The van der Waals surface area contributed by atoms with Crippen molar-refractivity contribution in [1.29, 1.82) is 10.5 Å². The summed E-state index contributed by atoms with van der Waals surface area (Å²) in [5, 5.41) is 18.4. The van der Waals surface area contributed by atoms with Crippen molar-refractivity contribution in [2.24, 2.45) is 5.41 Å². The van der Waals surface area contributed by atoms with Gasteiger partial charge in [-0.2, -0.15) is 10.5 Å². The summed E-state index contributed by atoms with van der Waals surface area (Å²) in [5.41, 5.74) is 6.13. The molecule has 0 atom stereocenters. The minimum Gasteiger partial charge on any atom is -0.351 e. The monoisotopic (exact) mass is 341 g/mol. The minimum absolute atomic E-state index is 0.0487. The number of nitrogens with zero attached hydrogens (tertiary/aromatic N) is 3. The maximum Gasteiger partial charge on any atom is 0.132 e. The van der Waals surface area contributed by atoms with Crippen LogP contribution in [0, 0.1) is 28.1 Å². The van der Waals surface area contributed by atoms with Crippen LogP contribution >= 0.6 is 0 Å². The largest absolute Gasteiger partial charge is 0.351 e. The molecule has 0 amide bonds. The number of allylic oxidation sites excluding steroid dienone is 7. The zero-order valence-corrected chi connectivity index (χ0v) is 15.6. The quantitative estimate of drug-likeness (QED) is 0.694. The molecule has 1 heterocycles. The highest BCUT2D eigenvalue weighted by Crippen LogP contribution is 2.39. The molecule has 3 heteroatoms. The lowest BCUT2D eigenvalue weighted by atomic mass is 9.74. The Balaban J connectivity index is 1.88. The van der Waals surface area contributed by atoms with Gasteiger partial charge in [-0.3, -0.25) is 0 Å². The standard InChI is InChI=1S/C23H23N3/c1-23(2)12-17(10-20(13-23)21(14-24)15-25)8-9-18-11-19-6-4-5-7-22(19)26(3)16-18/h4-10,16H,11-13H2,1-3H3/b9-8+. The first-order valence-corrected chi connectivity index (χ1v) is 8.85. The number of benzene rings is 1. The van der Waals surface area contributed by atoms with Crippen molar-refractivity contribution in [2.45, 2.75) is 33.1 Å². The third-order valence-electron chi connectivity index (χ3n) is 4.89. The van der Waals surface area contributed by atoms with Crippen LogP contribution in [0.2, 0.25) is 0 Å². The van der Waals surface area contributed by atoms with Crippen molar-refractivity contribution in [2.75, 3.05) is 11.9 Å². The van der Waals surface area contributed by atoms with Crippen LogP contribution in [-0.4, -0.2) is 7.05 Å². The zero-order valence-electron chi connectivity index (χ0n) is 15.6. The molecule has 1 aliphatic carbocycles. The van der Waals surface area contributed by atoms with Gasteiger partial charge in [0.05, 0.1) is 0 Å². The SMILES string of the molecule is CN1C=C(/C=C/C2=CC(=C(C#N)C#N)CC(C)(C)C2)Cc2ccccc21. The highest BCUT2D eigenvalue weighted by atomic mass is 15.1. The van der Waals surface area contributed by atoms with E-state index in [-0.39, 0.29) is 11.0 Å². The summed E-state index contributed by atoms with van der Waals surface area (Å²) >= 11 is 0. The molecule has 0 saturated heterocycles. The van der Waals surface area contributed by atoms with Gasteiger partial charge >= 0.3 is 0 Å². The van der Waals surface area contributed by atoms with Crippen LogP contribution in [0.5, 0.6) is 0 Å². The summed E-state index contributed by atoms with van der Waals surface area (Å²) in [6, 6.07) is 12.5. The molecular formula is C23H23N3. The average Bonchev–Trinajstić information content (AvgIpc) is 2.60. The number of para-hydroxylation sites is 1. The van der Waals surface area contributed by atoms with E-state index in [1.807, 2.05) is 18.2 Å². The van der Waals surface area contributed by atoms with Gasteiger partial charge < -0.3 is 4.90 Å². The highest BCUT2D eigenvalue weighted by Gasteiger charge is 2.26. The van der Waals surface area contributed by atoms with E-state index in [1.54, 1.807) is 0 Å². The highest BCUT2D eigenvalue weighted by molar-refractivity contribution is 5.61. The molecule has 0 unspecified atom stereocenters. The normalized spacial score (nSPS) is 18.5. The van der Waals surface area contributed by atoms with Crippen LogP contribution in [-0.2, 0) is 6.42 Å². The molecule has 0 radical (unpaired) electrons. The van der Waals surface area contributed by atoms with Gasteiger partial charge in [0.2, 0.25) is 0 Å². The number of hydrogen-bond donors (Lipinski definition) is 0. The zero-order chi connectivity index (χ0) is 18.7. The summed E-state index contributed by atoms with van der Waals surface area (Å²) < 4.78 is 0. The summed E-state index contributed by atoms with van der Waals surface area (Å²) in [5.74, 6) is 0. The number of anilines is 1. The van der Waals surface area contributed by atoms with Gasteiger partial charge in [-0.25, -0.2) is 0 Å². The van der Waals surface area contributed by atoms with Gasteiger partial charge in [0, 0.05) is 25.4 Å². The molecule has 0 bridgehead atoms. The molecule has 1 aliphatic heterocycles. The molecule has 26 heavy (non-hydrogen) atoms. The molecule has 130 valence electrons. The molecule has 3 rings (SSSR count). The van der Waals surface area contributed by atoms with E-state index >= 15 is 0 Å². The van der Waals surface area contributed by atoms with Gasteiger partial charge in [0.15, 0.2) is 0 Å². The molecule has 0 aromatic heterocycles. The fraction of sp³-hybridized carbons (Fsp3) is 0.304. The Hall–Kier alpha value is -3.04. The number of rotatable bonds is 2. The molecule has 0 saturated carbocycles. The molecular weight excluding hydrogens is 318 g/mol. The summed E-state index contributed by atoms with van der Waals surface area (Å²) in [6.45, 7) is 4.37. The fourth-order valence-corrected chi connectivity index (χ4v) is 3.80. The van der Waals surface area contributed by atoms with Crippen molar-refractivity contribution in [1.82, 2.24) is 0 Å². The Labute approximate surface area is 155 Å². The van der Waals surface area contributed by atoms with Crippen LogP contribution in [0.1, 0.15) is 32.3 Å². The van der Waals surface area contributed by atoms with E-state index in [4.69, 9.17) is 0 Å². The Kier molecular flexibility index (Phi) is 4.83.